The summed E-state index contributed by atoms with van der Waals surface area (Å²) in [4.78, 5) is 0.806. The van der Waals surface area contributed by atoms with Gasteiger partial charge in [-0.2, -0.15) is 0 Å². The van der Waals surface area contributed by atoms with E-state index in [1.54, 1.807) is 12.3 Å². The Labute approximate surface area is 45.6 Å². The molecule has 0 aliphatic rings. The fourth-order valence-corrected chi connectivity index (χ4v) is 0.748. The first-order valence-corrected chi connectivity index (χ1v) is 2.68. The standard InChI is InChI=1S/C4H4NOS/c6-3-4-1-2-5-7-4/h1-2H,3H2. The highest BCUT2D eigenvalue weighted by molar-refractivity contribution is 7.05. The van der Waals surface area contributed by atoms with Gasteiger partial charge in [0.15, 0.2) is 0 Å². The molecule has 1 aromatic heterocycles. The van der Waals surface area contributed by atoms with E-state index in [4.69, 9.17) is 0 Å². The fraction of sp³-hybridized carbons (Fsp3) is 0.250. The second-order valence-electron chi connectivity index (χ2n) is 1.12. The van der Waals surface area contributed by atoms with Crippen LogP contribution in [-0.4, -0.2) is 4.37 Å². The first-order chi connectivity index (χ1) is 3.43. The van der Waals surface area contributed by atoms with Crippen LogP contribution in [0.3, 0.4) is 0 Å². The lowest BCUT2D eigenvalue weighted by Crippen LogP contribution is -1.66. The molecule has 37 valence electrons. The summed E-state index contributed by atoms with van der Waals surface area (Å²) in [6, 6.07) is 1.73. The quantitative estimate of drug-likeness (QED) is 0.537. The molecule has 0 aliphatic carbocycles. The summed E-state index contributed by atoms with van der Waals surface area (Å²) in [6.45, 7) is -0.134. The Kier molecular flexibility index (Phi) is 1.38. The van der Waals surface area contributed by atoms with Crippen LogP contribution in [0.2, 0.25) is 0 Å². The van der Waals surface area contributed by atoms with Gasteiger partial charge in [-0.05, 0) is 17.6 Å². The van der Waals surface area contributed by atoms with Crippen molar-refractivity contribution in [3.05, 3.63) is 17.1 Å². The van der Waals surface area contributed by atoms with Gasteiger partial charge in [-0.15, -0.1) is 0 Å². The highest BCUT2D eigenvalue weighted by Crippen LogP contribution is 2.02. The summed E-state index contributed by atoms with van der Waals surface area (Å²) < 4.78 is 3.73. The molecule has 0 saturated carbocycles. The Bertz CT molecular complexity index is 126. The van der Waals surface area contributed by atoms with Crippen molar-refractivity contribution < 1.29 is 5.11 Å². The zero-order valence-corrected chi connectivity index (χ0v) is 4.44. The zero-order valence-electron chi connectivity index (χ0n) is 3.63. The van der Waals surface area contributed by atoms with Gasteiger partial charge >= 0.3 is 0 Å². The van der Waals surface area contributed by atoms with Crippen LogP contribution in [-0.2, 0) is 11.7 Å². The van der Waals surface area contributed by atoms with Gasteiger partial charge in [-0.25, -0.2) is 9.48 Å². The predicted molar refractivity (Wildman–Crippen MR) is 26.5 cm³/mol. The van der Waals surface area contributed by atoms with Crippen LogP contribution in [0.1, 0.15) is 4.88 Å². The van der Waals surface area contributed by atoms with Gasteiger partial charge in [0.25, 0.3) is 0 Å². The Morgan fingerprint density at radius 2 is 2.71 bits per heavy atom. The third kappa shape index (κ3) is 0.976. The molecule has 0 aliphatic heterocycles. The lowest BCUT2D eigenvalue weighted by molar-refractivity contribution is 0.180. The van der Waals surface area contributed by atoms with E-state index >= 15 is 0 Å². The van der Waals surface area contributed by atoms with Crippen molar-refractivity contribution in [1.82, 2.24) is 4.37 Å². The Balaban J connectivity index is 2.76. The van der Waals surface area contributed by atoms with Gasteiger partial charge < -0.3 is 0 Å². The molecule has 1 radical (unpaired) electrons. The summed E-state index contributed by atoms with van der Waals surface area (Å²) in [5.41, 5.74) is 0. The summed E-state index contributed by atoms with van der Waals surface area (Å²) in [5.74, 6) is 0. The van der Waals surface area contributed by atoms with E-state index in [0.717, 1.165) is 4.88 Å². The minimum Gasteiger partial charge on any atom is -0.231 e. The largest absolute Gasteiger partial charge is 0.231 e. The summed E-state index contributed by atoms with van der Waals surface area (Å²) in [7, 11) is 0. The van der Waals surface area contributed by atoms with Crippen molar-refractivity contribution in [1.29, 1.82) is 0 Å². The van der Waals surface area contributed by atoms with Crippen molar-refractivity contribution in [3.8, 4) is 0 Å². The SMILES string of the molecule is [O]Cc1ccns1. The molecule has 0 spiro atoms. The maximum absolute atomic E-state index is 9.96. The maximum atomic E-state index is 9.96. The Morgan fingerprint density at radius 3 is 3.00 bits per heavy atom. The summed E-state index contributed by atoms with van der Waals surface area (Å²) >= 11 is 1.26. The third-order valence-electron chi connectivity index (χ3n) is 0.634. The first-order valence-electron chi connectivity index (χ1n) is 1.91. The van der Waals surface area contributed by atoms with Crippen LogP contribution in [0.4, 0.5) is 0 Å². The van der Waals surface area contributed by atoms with Gasteiger partial charge in [-0.1, -0.05) is 0 Å². The number of rotatable bonds is 1. The van der Waals surface area contributed by atoms with Crippen molar-refractivity contribution in [3.63, 3.8) is 0 Å². The number of hydrogen-bond acceptors (Lipinski definition) is 2. The van der Waals surface area contributed by atoms with Crippen molar-refractivity contribution in [2.75, 3.05) is 0 Å². The molecule has 0 bridgehead atoms. The number of nitrogens with zero attached hydrogens (tertiary/aromatic N) is 1. The molecular weight excluding hydrogens is 110 g/mol. The third-order valence-corrected chi connectivity index (χ3v) is 1.35. The molecule has 0 fully saturated rings. The fourth-order valence-electron chi connectivity index (χ4n) is 0.317. The van der Waals surface area contributed by atoms with E-state index in [-0.39, 0.29) is 6.61 Å². The van der Waals surface area contributed by atoms with E-state index in [0.29, 0.717) is 0 Å². The van der Waals surface area contributed by atoms with E-state index in [1.165, 1.54) is 11.5 Å². The van der Waals surface area contributed by atoms with Crippen LogP contribution in [0.15, 0.2) is 12.3 Å². The first kappa shape index (κ1) is 4.74. The molecule has 0 atom stereocenters. The van der Waals surface area contributed by atoms with Crippen LogP contribution < -0.4 is 0 Å². The molecule has 0 N–H and O–H groups in total. The lowest BCUT2D eigenvalue weighted by atomic mass is 10.5. The van der Waals surface area contributed by atoms with Crippen molar-refractivity contribution in [2.24, 2.45) is 0 Å². The Morgan fingerprint density at radius 1 is 1.86 bits per heavy atom. The van der Waals surface area contributed by atoms with E-state index in [9.17, 15) is 5.11 Å². The highest BCUT2D eigenvalue weighted by atomic mass is 32.1. The number of aromatic nitrogens is 1. The predicted octanol–water partition coefficient (Wildman–Crippen LogP) is 1.07. The normalized spacial score (nSPS) is 9.29. The van der Waals surface area contributed by atoms with Crippen molar-refractivity contribution in [2.45, 2.75) is 6.61 Å². The summed E-state index contributed by atoms with van der Waals surface area (Å²) in [5, 5.41) is 9.96. The number of hydrogen-bond donors (Lipinski definition) is 0. The molecule has 1 rings (SSSR count). The van der Waals surface area contributed by atoms with Gasteiger partial charge in [0.05, 0.1) is 4.88 Å². The van der Waals surface area contributed by atoms with E-state index < -0.39 is 0 Å². The molecule has 2 nitrogen and oxygen atoms in total. The van der Waals surface area contributed by atoms with Crippen LogP contribution in [0, 0.1) is 0 Å². The van der Waals surface area contributed by atoms with E-state index in [1.807, 2.05) is 0 Å². The molecule has 0 aromatic carbocycles. The van der Waals surface area contributed by atoms with Crippen LogP contribution in [0.25, 0.3) is 0 Å². The average Bonchev–Trinajstić information content (AvgIpc) is 2.14. The molecule has 0 saturated heterocycles. The molecule has 3 heteroatoms. The van der Waals surface area contributed by atoms with Crippen molar-refractivity contribution >= 4 is 11.5 Å². The van der Waals surface area contributed by atoms with Gasteiger partial charge in [0, 0.05) is 6.20 Å². The molecule has 0 unspecified atom stereocenters. The zero-order chi connectivity index (χ0) is 5.11. The lowest BCUT2D eigenvalue weighted by Gasteiger charge is -1.73. The molecule has 0 amide bonds. The summed E-state index contributed by atoms with van der Waals surface area (Å²) in [6.07, 6.45) is 1.64. The highest BCUT2D eigenvalue weighted by Gasteiger charge is 1.87. The second kappa shape index (κ2) is 2.04. The minimum absolute atomic E-state index is 0.134. The molecule has 7 heavy (non-hydrogen) atoms. The van der Waals surface area contributed by atoms with E-state index in [2.05, 4.69) is 4.37 Å². The molecule has 1 aromatic rings. The van der Waals surface area contributed by atoms with Crippen LogP contribution >= 0.6 is 11.5 Å². The molecular formula is C4H4NOS. The topological polar surface area (TPSA) is 32.8 Å². The molecule has 1 heterocycles. The smallest absolute Gasteiger partial charge is 0.118 e. The minimum atomic E-state index is -0.134. The van der Waals surface area contributed by atoms with Gasteiger partial charge in [0.1, 0.15) is 6.61 Å². The van der Waals surface area contributed by atoms with Gasteiger partial charge in [0.2, 0.25) is 0 Å². The van der Waals surface area contributed by atoms with Crippen LogP contribution in [0.5, 0.6) is 0 Å². The average molecular weight is 114 g/mol. The second-order valence-corrected chi connectivity index (χ2v) is 2.04. The van der Waals surface area contributed by atoms with Gasteiger partial charge in [-0.3, -0.25) is 0 Å². The monoisotopic (exact) mass is 114 g/mol. The maximum Gasteiger partial charge on any atom is 0.118 e. The Hall–Kier alpha value is -0.410.